The maximum absolute atomic E-state index is 13.7. The minimum absolute atomic E-state index is 0.00170. The second kappa shape index (κ2) is 19.1. The number of hydrazine groups is 2. The Hall–Kier alpha value is -3.28. The van der Waals surface area contributed by atoms with Gasteiger partial charge in [-0.15, -0.1) is 0 Å². The van der Waals surface area contributed by atoms with E-state index in [1.807, 2.05) is 0 Å². The molecule has 62 heavy (non-hydrogen) atoms. The molecule has 2 saturated carbocycles. The van der Waals surface area contributed by atoms with Gasteiger partial charge < -0.3 is 20.1 Å². The molecule has 4 atom stereocenters. The van der Waals surface area contributed by atoms with Crippen molar-refractivity contribution in [2.75, 3.05) is 26.4 Å². The van der Waals surface area contributed by atoms with E-state index in [-0.39, 0.29) is 42.8 Å². The maximum atomic E-state index is 13.7. The summed E-state index contributed by atoms with van der Waals surface area (Å²) in [6.07, 6.45) is 0.296. The van der Waals surface area contributed by atoms with Gasteiger partial charge in [0, 0.05) is 63.7 Å². The summed E-state index contributed by atoms with van der Waals surface area (Å²) in [5.74, 6) is 0.384. The highest BCUT2D eigenvalue weighted by molar-refractivity contribution is 5.84. The van der Waals surface area contributed by atoms with E-state index < -0.39 is 34.3 Å². The Bertz CT molecular complexity index is 1880. The fraction of sp³-hybridized carbons (Fsp3) is 0.696. The zero-order valence-corrected chi connectivity index (χ0v) is 36.5. The van der Waals surface area contributed by atoms with Gasteiger partial charge in [-0.2, -0.15) is 26.3 Å². The number of hydrogen-bond acceptors (Lipinski definition) is 8. The van der Waals surface area contributed by atoms with Gasteiger partial charge in [0.15, 0.2) is 0 Å². The molecule has 0 radical (unpaired) electrons. The topological polar surface area (TPSA) is 107 Å². The molecule has 2 aromatic carbocycles. The molecule has 4 fully saturated rings. The molecule has 0 aromatic heterocycles. The Morgan fingerprint density at radius 2 is 1.00 bits per heavy atom. The lowest BCUT2D eigenvalue weighted by atomic mass is 9.74. The molecule has 16 heteroatoms. The number of carbonyl (C=O) groups is 2. The number of amides is 2. The third-order valence-electron chi connectivity index (χ3n) is 14.7. The normalized spacial score (nSPS) is 27.5. The Kier molecular flexibility index (Phi) is 14.4. The lowest BCUT2D eigenvalue weighted by molar-refractivity contribution is -0.150. The molecule has 4 heterocycles. The van der Waals surface area contributed by atoms with Crippen molar-refractivity contribution < 1.29 is 45.4 Å². The zero-order valence-electron chi connectivity index (χ0n) is 36.5. The van der Waals surface area contributed by atoms with Crippen LogP contribution >= 0.6 is 0 Å². The van der Waals surface area contributed by atoms with E-state index in [9.17, 15) is 35.9 Å². The summed E-state index contributed by atoms with van der Waals surface area (Å²) >= 11 is 0. The van der Waals surface area contributed by atoms with Crippen molar-refractivity contribution in [3.8, 4) is 0 Å². The molecule has 4 aliphatic heterocycles. The second-order valence-corrected chi connectivity index (χ2v) is 19.0. The average Bonchev–Trinajstić information content (AvgIpc) is 3.89. The largest absolute Gasteiger partial charge is 0.416 e. The molecule has 344 valence electrons. The van der Waals surface area contributed by atoms with Crippen LogP contribution in [0, 0.1) is 22.7 Å². The first-order valence-electron chi connectivity index (χ1n) is 22.5. The highest BCUT2D eigenvalue weighted by Gasteiger charge is 2.51. The fourth-order valence-electron chi connectivity index (χ4n) is 10.6. The summed E-state index contributed by atoms with van der Waals surface area (Å²) in [4.78, 5) is 27.4. The van der Waals surface area contributed by atoms with E-state index in [2.05, 4.69) is 49.2 Å². The monoisotopic (exact) mass is 878 g/mol. The number of nitrogens with one attached hydrogen (secondary N) is 4. The van der Waals surface area contributed by atoms with Gasteiger partial charge in [0.2, 0.25) is 11.8 Å². The Morgan fingerprint density at radius 3 is 1.44 bits per heavy atom. The fourth-order valence-corrected chi connectivity index (χ4v) is 10.6. The molecular formula is C46H64F6N6O4. The van der Waals surface area contributed by atoms with Crippen molar-refractivity contribution in [3.63, 3.8) is 0 Å². The van der Waals surface area contributed by atoms with Crippen LogP contribution in [0.25, 0.3) is 0 Å². The second-order valence-electron chi connectivity index (χ2n) is 19.0. The summed E-state index contributed by atoms with van der Waals surface area (Å²) in [5, 5.41) is 10.7. The van der Waals surface area contributed by atoms with Crippen LogP contribution in [-0.2, 0) is 57.6 Å². The highest BCUT2D eigenvalue weighted by atomic mass is 19.4. The van der Waals surface area contributed by atoms with Crippen LogP contribution in [0.1, 0.15) is 125 Å². The first-order valence-corrected chi connectivity index (χ1v) is 22.5. The van der Waals surface area contributed by atoms with Crippen LogP contribution in [0.5, 0.6) is 0 Å². The van der Waals surface area contributed by atoms with E-state index in [4.69, 9.17) is 9.47 Å². The Balaban J connectivity index is 0.000000186. The van der Waals surface area contributed by atoms with Gasteiger partial charge in [-0.05, 0) is 123 Å². The summed E-state index contributed by atoms with van der Waals surface area (Å²) in [6, 6.07) is 9.06. The molecule has 2 aliphatic carbocycles. The number of ether oxygens (including phenoxy) is 2. The molecule has 2 aromatic rings. The molecular weight excluding hydrogens is 815 g/mol. The van der Waals surface area contributed by atoms with Gasteiger partial charge in [-0.3, -0.25) is 19.6 Å². The quantitative estimate of drug-likeness (QED) is 0.198. The molecule has 2 saturated heterocycles. The van der Waals surface area contributed by atoms with Crippen LogP contribution in [0.3, 0.4) is 0 Å². The van der Waals surface area contributed by atoms with E-state index >= 15 is 0 Å². The van der Waals surface area contributed by atoms with Crippen molar-refractivity contribution in [1.82, 2.24) is 31.5 Å². The number of rotatable bonds is 8. The molecule has 2 amide bonds. The number of alkyl halides is 6. The third kappa shape index (κ3) is 10.3. The van der Waals surface area contributed by atoms with E-state index in [1.165, 1.54) is 24.3 Å². The molecule has 10 nitrogen and oxygen atoms in total. The van der Waals surface area contributed by atoms with Crippen molar-refractivity contribution in [2.45, 2.75) is 155 Å². The zero-order chi connectivity index (χ0) is 44.5. The predicted molar refractivity (Wildman–Crippen MR) is 221 cm³/mol. The average molecular weight is 879 g/mol. The summed E-state index contributed by atoms with van der Waals surface area (Å²) in [7, 11) is 0. The number of hydrogen-bond donors (Lipinski definition) is 4. The summed E-state index contributed by atoms with van der Waals surface area (Å²) < 4.78 is 89.4. The summed E-state index contributed by atoms with van der Waals surface area (Å²) in [5.41, 5.74) is 6.70. The molecule has 8 rings (SSSR count). The van der Waals surface area contributed by atoms with Gasteiger partial charge in [-0.1, -0.05) is 39.8 Å². The minimum atomic E-state index is -4.39. The first-order chi connectivity index (χ1) is 29.4. The van der Waals surface area contributed by atoms with Crippen molar-refractivity contribution in [1.29, 1.82) is 0 Å². The number of carbonyl (C=O) groups excluding carboxylic acids is 2. The smallest absolute Gasteiger partial charge is 0.381 e. The molecule has 4 N–H and O–H groups in total. The first kappa shape index (κ1) is 46.7. The number of nitrogens with zero attached hydrogens (tertiary/aromatic N) is 2. The highest BCUT2D eigenvalue weighted by Crippen LogP contribution is 2.48. The number of halogens is 6. The van der Waals surface area contributed by atoms with Gasteiger partial charge in [0.25, 0.3) is 0 Å². The lowest BCUT2D eigenvalue weighted by Crippen LogP contribution is -2.53. The van der Waals surface area contributed by atoms with E-state index in [1.54, 1.807) is 10.0 Å². The van der Waals surface area contributed by atoms with E-state index in [0.29, 0.717) is 42.3 Å². The SMILES string of the molecule is CC(C)[C@]1(C(=O)N2Cc3cc(C(F)(F)F)ccc3CN2)CC[C@@H](NC2CCOCC2)C1.CC(C)[C@]1(C(=O)N2Cc3ccc(C(F)(F)F)cc3CN2)CC[C@@H](NC2CCOCC2)C1. The molecule has 0 bridgehead atoms. The lowest BCUT2D eigenvalue weighted by Gasteiger charge is -2.40. The van der Waals surface area contributed by atoms with Gasteiger partial charge in [0.1, 0.15) is 0 Å². The van der Waals surface area contributed by atoms with Crippen LogP contribution in [0.2, 0.25) is 0 Å². The third-order valence-corrected chi connectivity index (χ3v) is 14.7. The van der Waals surface area contributed by atoms with Crippen LogP contribution in [0.15, 0.2) is 36.4 Å². The Morgan fingerprint density at radius 1 is 0.597 bits per heavy atom. The molecule has 0 spiro atoms. The summed E-state index contributed by atoms with van der Waals surface area (Å²) in [6.45, 7) is 12.5. The van der Waals surface area contributed by atoms with Gasteiger partial charge in [-0.25, -0.2) is 10.9 Å². The maximum Gasteiger partial charge on any atom is 0.416 e. The van der Waals surface area contributed by atoms with E-state index in [0.717, 1.165) is 114 Å². The molecule has 6 aliphatic rings. The molecule has 0 unspecified atom stereocenters. The van der Waals surface area contributed by atoms with Crippen molar-refractivity contribution >= 4 is 11.8 Å². The van der Waals surface area contributed by atoms with Crippen LogP contribution in [0.4, 0.5) is 26.3 Å². The van der Waals surface area contributed by atoms with Gasteiger partial charge in [0.05, 0.1) is 35.0 Å². The number of fused-ring (bicyclic) bond motifs is 2. The van der Waals surface area contributed by atoms with Crippen LogP contribution < -0.4 is 21.5 Å². The standard InChI is InChI=1S/2C23H32F3N3O2/c1-15(2)22(8-5-20(12-22)28-19-6-9-31-10-7-19)21(30)29-14-16-3-4-18(23(24,25)26)11-17(16)13-27-29;1-15(2)22(8-5-20(12-22)28-19-6-9-31-10-7-19)21(30)29-14-17-11-18(23(24,25)26)4-3-16(17)13-27-29/h2*3-4,11,15,19-20,27-28H,5-10,12-14H2,1-2H3/t2*20-,22+/m11/s1. The predicted octanol–water partition coefficient (Wildman–Crippen LogP) is 8.03. The van der Waals surface area contributed by atoms with Crippen molar-refractivity contribution in [2.24, 2.45) is 22.7 Å². The van der Waals surface area contributed by atoms with Crippen LogP contribution in [-0.4, -0.2) is 72.4 Å². The Labute approximate surface area is 361 Å². The van der Waals surface area contributed by atoms with Crippen molar-refractivity contribution in [3.05, 3.63) is 69.8 Å². The minimum Gasteiger partial charge on any atom is -0.381 e. The van der Waals surface area contributed by atoms with Gasteiger partial charge >= 0.3 is 12.4 Å². The number of benzene rings is 2.